The number of aromatic nitrogens is 4. The number of hydrogen-bond acceptors (Lipinski definition) is 5. The molecule has 0 saturated carbocycles. The van der Waals surface area contributed by atoms with Gasteiger partial charge in [0.15, 0.2) is 5.65 Å². The van der Waals surface area contributed by atoms with Crippen molar-refractivity contribution in [1.82, 2.24) is 19.4 Å². The van der Waals surface area contributed by atoms with Crippen LogP contribution in [0.3, 0.4) is 0 Å². The molecule has 0 atom stereocenters. The lowest BCUT2D eigenvalue weighted by Gasteiger charge is -2.10. The zero-order valence-corrected chi connectivity index (χ0v) is 16.9. The van der Waals surface area contributed by atoms with Crippen LogP contribution >= 0.6 is 11.6 Å². The minimum Gasteiger partial charge on any atom is -0.493 e. The van der Waals surface area contributed by atoms with E-state index >= 15 is 0 Å². The van der Waals surface area contributed by atoms with E-state index < -0.39 is 0 Å². The van der Waals surface area contributed by atoms with Crippen molar-refractivity contribution < 1.29 is 9.52 Å². The highest BCUT2D eigenvalue weighted by Crippen LogP contribution is 2.35. The van der Waals surface area contributed by atoms with Gasteiger partial charge >= 0.3 is 0 Å². The molecule has 4 heterocycles. The Morgan fingerprint density at radius 3 is 2.74 bits per heavy atom. The topological polar surface area (TPSA) is 76.5 Å². The van der Waals surface area contributed by atoms with E-state index in [1.54, 1.807) is 22.9 Å². The summed E-state index contributed by atoms with van der Waals surface area (Å²) in [5.74, 6) is 0.783. The lowest BCUT2D eigenvalue weighted by atomic mass is 10.1. The maximum atomic E-state index is 11.2. The van der Waals surface area contributed by atoms with E-state index in [2.05, 4.69) is 4.98 Å². The van der Waals surface area contributed by atoms with Crippen molar-refractivity contribution in [2.24, 2.45) is 0 Å². The van der Waals surface area contributed by atoms with Gasteiger partial charge in [0.2, 0.25) is 5.88 Å². The maximum absolute atomic E-state index is 11.2. The molecule has 0 aliphatic rings. The normalized spacial score (nSPS) is 11.6. The van der Waals surface area contributed by atoms with Crippen LogP contribution < -0.4 is 0 Å². The third-order valence-corrected chi connectivity index (χ3v) is 5.61. The Morgan fingerprint density at radius 2 is 1.90 bits per heavy atom. The second-order valence-electron chi connectivity index (χ2n) is 7.28. The fourth-order valence-electron chi connectivity index (χ4n) is 3.99. The SMILES string of the molecule is Oc1c(Cc2ccco2)nc2c(-c3ccnc(Cl)c3)nc3c4ccccc4ccc3n12. The predicted molar refractivity (Wildman–Crippen MR) is 119 cm³/mol. The molecule has 1 N–H and O–H groups in total. The molecule has 6 nitrogen and oxygen atoms in total. The second-order valence-corrected chi connectivity index (χ2v) is 7.67. The highest BCUT2D eigenvalue weighted by Gasteiger charge is 2.21. The molecule has 0 fully saturated rings. The third kappa shape index (κ3) is 2.84. The molecular formula is C24H15ClN4O2. The molecule has 0 aliphatic carbocycles. The summed E-state index contributed by atoms with van der Waals surface area (Å²) >= 11 is 6.16. The van der Waals surface area contributed by atoms with Gasteiger partial charge in [-0.15, -0.1) is 0 Å². The molecule has 7 heteroatoms. The van der Waals surface area contributed by atoms with Gasteiger partial charge in [-0.25, -0.2) is 15.0 Å². The average molecular weight is 427 g/mol. The molecule has 2 aromatic carbocycles. The fraction of sp³-hybridized carbons (Fsp3) is 0.0417. The van der Waals surface area contributed by atoms with E-state index in [-0.39, 0.29) is 5.88 Å². The first kappa shape index (κ1) is 17.9. The summed E-state index contributed by atoms with van der Waals surface area (Å²) in [6.45, 7) is 0. The van der Waals surface area contributed by atoms with Gasteiger partial charge in [0.05, 0.1) is 23.7 Å². The Balaban J connectivity index is 1.74. The Morgan fingerprint density at radius 1 is 1.00 bits per heavy atom. The smallest absolute Gasteiger partial charge is 0.220 e. The predicted octanol–water partition coefficient (Wildman–Crippen LogP) is 5.64. The van der Waals surface area contributed by atoms with Crippen molar-refractivity contribution in [3.05, 3.63) is 89.7 Å². The van der Waals surface area contributed by atoms with Crippen LogP contribution in [0, 0.1) is 0 Å². The van der Waals surface area contributed by atoms with Crippen LogP contribution in [-0.2, 0) is 6.42 Å². The number of fused-ring (bicyclic) bond motifs is 5. The Bertz CT molecular complexity index is 1590. The Hall–Kier alpha value is -3.90. The number of hydrogen-bond donors (Lipinski definition) is 1. The van der Waals surface area contributed by atoms with Gasteiger partial charge in [0.1, 0.15) is 22.3 Å². The molecule has 6 aromatic rings. The lowest BCUT2D eigenvalue weighted by Crippen LogP contribution is -1.97. The van der Waals surface area contributed by atoms with Gasteiger partial charge in [0.25, 0.3) is 0 Å². The molecule has 0 unspecified atom stereocenters. The molecule has 0 bridgehead atoms. The van der Waals surface area contributed by atoms with E-state index in [9.17, 15) is 5.11 Å². The van der Waals surface area contributed by atoms with Crippen molar-refractivity contribution >= 4 is 39.1 Å². The van der Waals surface area contributed by atoms with Crippen LogP contribution in [0.4, 0.5) is 0 Å². The van der Waals surface area contributed by atoms with E-state index in [4.69, 9.17) is 26.0 Å². The highest BCUT2D eigenvalue weighted by atomic mass is 35.5. The van der Waals surface area contributed by atoms with Crippen LogP contribution in [0.5, 0.6) is 5.88 Å². The molecule has 31 heavy (non-hydrogen) atoms. The van der Waals surface area contributed by atoms with Crippen molar-refractivity contribution in [3.63, 3.8) is 0 Å². The van der Waals surface area contributed by atoms with E-state index in [0.29, 0.717) is 28.6 Å². The zero-order chi connectivity index (χ0) is 20.9. The number of imidazole rings is 1. The summed E-state index contributed by atoms with van der Waals surface area (Å²) in [4.78, 5) is 13.8. The van der Waals surface area contributed by atoms with Crippen molar-refractivity contribution in [3.8, 4) is 17.1 Å². The fourth-order valence-corrected chi connectivity index (χ4v) is 4.16. The minimum atomic E-state index is 0.0653. The number of halogens is 1. The molecule has 0 radical (unpaired) electrons. The van der Waals surface area contributed by atoms with Gasteiger partial charge in [-0.1, -0.05) is 41.9 Å². The monoisotopic (exact) mass is 426 g/mol. The summed E-state index contributed by atoms with van der Waals surface area (Å²) in [5, 5.41) is 13.6. The van der Waals surface area contributed by atoms with E-state index in [1.807, 2.05) is 54.6 Å². The van der Waals surface area contributed by atoms with Crippen LogP contribution in [-0.4, -0.2) is 24.5 Å². The Kier molecular flexibility index (Phi) is 3.94. The lowest BCUT2D eigenvalue weighted by molar-refractivity contribution is 0.440. The molecule has 150 valence electrons. The highest BCUT2D eigenvalue weighted by molar-refractivity contribution is 6.29. The van der Waals surface area contributed by atoms with Crippen molar-refractivity contribution in [2.75, 3.05) is 0 Å². The first-order chi connectivity index (χ1) is 15.2. The summed E-state index contributed by atoms with van der Waals surface area (Å²) in [6.07, 6.45) is 3.61. The van der Waals surface area contributed by atoms with Crippen LogP contribution in [0.2, 0.25) is 5.15 Å². The van der Waals surface area contributed by atoms with Crippen molar-refractivity contribution in [2.45, 2.75) is 6.42 Å². The summed E-state index contributed by atoms with van der Waals surface area (Å²) in [6, 6.07) is 19.3. The minimum absolute atomic E-state index is 0.0653. The first-order valence-corrected chi connectivity index (χ1v) is 10.1. The number of furan rings is 1. The Labute approximate surface area is 181 Å². The number of aromatic hydroxyl groups is 1. The van der Waals surface area contributed by atoms with Crippen LogP contribution in [0.1, 0.15) is 11.5 Å². The molecule has 0 spiro atoms. The average Bonchev–Trinajstić information content (AvgIpc) is 3.41. The molecule has 0 aliphatic heterocycles. The van der Waals surface area contributed by atoms with E-state index in [0.717, 1.165) is 33.1 Å². The number of nitrogens with zero attached hydrogens (tertiary/aromatic N) is 4. The molecule has 6 rings (SSSR count). The zero-order valence-electron chi connectivity index (χ0n) is 16.2. The number of pyridine rings is 1. The molecular weight excluding hydrogens is 412 g/mol. The van der Waals surface area contributed by atoms with Crippen molar-refractivity contribution in [1.29, 1.82) is 0 Å². The van der Waals surface area contributed by atoms with Gasteiger partial charge in [-0.05, 0) is 35.7 Å². The van der Waals surface area contributed by atoms with Gasteiger partial charge in [0, 0.05) is 17.1 Å². The number of rotatable bonds is 3. The third-order valence-electron chi connectivity index (χ3n) is 5.40. The standard InChI is InChI=1S/C24H15ClN4O2/c25-20-12-15(9-10-26-20)21-23-27-18(13-16-5-3-11-31-16)24(30)29(23)19-8-7-14-4-1-2-6-17(14)22(19)28-21/h1-12,30H,13H2. The quantitative estimate of drug-likeness (QED) is 0.292. The van der Waals surface area contributed by atoms with Crippen LogP contribution in [0.15, 0.2) is 77.5 Å². The maximum Gasteiger partial charge on any atom is 0.220 e. The summed E-state index contributed by atoms with van der Waals surface area (Å²) in [7, 11) is 0. The molecule has 0 saturated heterocycles. The first-order valence-electron chi connectivity index (χ1n) is 9.75. The van der Waals surface area contributed by atoms with Gasteiger partial charge in [-0.2, -0.15) is 0 Å². The molecule has 0 amide bonds. The summed E-state index contributed by atoms with van der Waals surface area (Å²) in [5.41, 5.74) is 3.99. The van der Waals surface area contributed by atoms with Gasteiger partial charge < -0.3 is 9.52 Å². The number of benzene rings is 2. The van der Waals surface area contributed by atoms with Gasteiger partial charge in [-0.3, -0.25) is 4.40 Å². The summed E-state index contributed by atoms with van der Waals surface area (Å²) < 4.78 is 7.21. The van der Waals surface area contributed by atoms with E-state index in [1.165, 1.54) is 0 Å². The second kappa shape index (κ2) is 6.82. The largest absolute Gasteiger partial charge is 0.493 e. The van der Waals surface area contributed by atoms with Crippen LogP contribution in [0.25, 0.3) is 38.7 Å². The molecule has 4 aromatic heterocycles.